The topological polar surface area (TPSA) is 92.4 Å². The van der Waals surface area contributed by atoms with E-state index in [0.717, 1.165) is 16.1 Å². The molecule has 7 nitrogen and oxygen atoms in total. The Morgan fingerprint density at radius 3 is 2.62 bits per heavy atom. The number of H-pyrrole nitrogens is 1. The highest BCUT2D eigenvalue weighted by atomic mass is 32.2. The van der Waals surface area contributed by atoms with Crippen LogP contribution in [-0.2, 0) is 23.0 Å². The maximum absolute atomic E-state index is 13.0. The second-order valence-electron chi connectivity index (χ2n) is 7.52. The first-order chi connectivity index (χ1) is 15.2. The molecule has 1 aromatic carbocycles. The van der Waals surface area contributed by atoms with E-state index in [9.17, 15) is 22.0 Å². The summed E-state index contributed by atoms with van der Waals surface area (Å²) in [5.41, 5.74) is 3.49. The van der Waals surface area contributed by atoms with Crippen molar-refractivity contribution < 1.29 is 26.7 Å². The number of aromatic nitrogens is 2. The van der Waals surface area contributed by atoms with Crippen LogP contribution in [0.4, 0.5) is 8.78 Å². The van der Waals surface area contributed by atoms with Crippen LogP contribution in [0.1, 0.15) is 27.2 Å². The minimum atomic E-state index is -3.58. The maximum atomic E-state index is 13.0. The molecule has 0 radical (unpaired) electrons. The second-order valence-corrected chi connectivity index (χ2v) is 9.51. The molecule has 0 unspecified atom stereocenters. The zero-order valence-electron chi connectivity index (χ0n) is 17.2. The zero-order valence-corrected chi connectivity index (χ0v) is 18.0. The fraction of sp³-hybridized carbons (Fsp3) is 0.273. The summed E-state index contributed by atoms with van der Waals surface area (Å²) in [7, 11) is -3.58. The van der Waals surface area contributed by atoms with Crippen molar-refractivity contribution in [2.45, 2.75) is 19.4 Å². The first kappa shape index (κ1) is 22.1. The number of halogens is 2. The van der Waals surface area contributed by atoms with Crippen LogP contribution in [0, 0.1) is 0 Å². The van der Waals surface area contributed by atoms with Crippen LogP contribution in [0.2, 0.25) is 0 Å². The molecule has 4 rings (SSSR count). The van der Waals surface area contributed by atoms with Gasteiger partial charge in [-0.1, -0.05) is 30.3 Å². The summed E-state index contributed by atoms with van der Waals surface area (Å²) in [6.45, 7) is -1.04. The first-order valence-corrected chi connectivity index (χ1v) is 11.7. The van der Waals surface area contributed by atoms with Gasteiger partial charge in [-0.3, -0.25) is 9.78 Å². The number of alkyl halides is 2. The average molecular weight is 461 g/mol. The van der Waals surface area contributed by atoms with E-state index in [4.69, 9.17) is 4.74 Å². The number of nitrogens with one attached hydrogen (secondary N) is 1. The van der Waals surface area contributed by atoms with Crippen LogP contribution in [0.25, 0.3) is 11.3 Å². The second kappa shape index (κ2) is 8.79. The largest absolute Gasteiger partial charge is 0.485 e. The Morgan fingerprint density at radius 2 is 1.94 bits per heavy atom. The van der Waals surface area contributed by atoms with Gasteiger partial charge in [0.15, 0.2) is 5.78 Å². The number of aromatic amines is 1. The molecular formula is C22H21F2N3O4S. The van der Waals surface area contributed by atoms with Gasteiger partial charge >= 0.3 is 0 Å². The van der Waals surface area contributed by atoms with E-state index in [1.165, 1.54) is 12.4 Å². The van der Waals surface area contributed by atoms with Gasteiger partial charge in [0.2, 0.25) is 10.0 Å². The molecule has 3 heterocycles. The molecule has 0 atom stereocenters. The van der Waals surface area contributed by atoms with Gasteiger partial charge in [-0.25, -0.2) is 17.2 Å². The van der Waals surface area contributed by atoms with Crippen LogP contribution >= 0.6 is 0 Å². The molecule has 0 bridgehead atoms. The fourth-order valence-electron chi connectivity index (χ4n) is 3.82. The van der Waals surface area contributed by atoms with Gasteiger partial charge in [0, 0.05) is 29.4 Å². The molecule has 32 heavy (non-hydrogen) atoms. The Balaban J connectivity index is 1.86. The molecule has 0 amide bonds. The van der Waals surface area contributed by atoms with Crippen LogP contribution in [0.15, 0.2) is 48.8 Å². The van der Waals surface area contributed by atoms with Gasteiger partial charge in [0.25, 0.3) is 6.43 Å². The van der Waals surface area contributed by atoms with Crippen LogP contribution < -0.4 is 4.74 Å². The first-order valence-electron chi connectivity index (χ1n) is 9.85. The van der Waals surface area contributed by atoms with E-state index >= 15 is 0 Å². The molecule has 0 saturated carbocycles. The lowest BCUT2D eigenvalue weighted by Gasteiger charge is -2.24. The van der Waals surface area contributed by atoms with Crippen molar-refractivity contribution in [3.8, 4) is 17.0 Å². The van der Waals surface area contributed by atoms with Crippen molar-refractivity contribution in [2.24, 2.45) is 0 Å². The summed E-state index contributed by atoms with van der Waals surface area (Å²) in [5, 5.41) is 0. The highest BCUT2D eigenvalue weighted by Crippen LogP contribution is 2.37. The van der Waals surface area contributed by atoms with Gasteiger partial charge in [0.1, 0.15) is 12.4 Å². The molecule has 0 fully saturated rings. The number of hydrogen-bond acceptors (Lipinski definition) is 5. The molecule has 1 aliphatic rings. The number of rotatable bonds is 7. The SMILES string of the molecule is CS(=O)(=O)N1CC(=O)c2c([nH]c(-c3ccncc3OCC(F)F)c2Cc2ccccc2)C1. The molecule has 2 aromatic heterocycles. The number of benzene rings is 1. The third-order valence-corrected chi connectivity index (χ3v) is 6.42. The zero-order chi connectivity index (χ0) is 22.9. The van der Waals surface area contributed by atoms with Gasteiger partial charge in [-0.15, -0.1) is 0 Å². The quantitative estimate of drug-likeness (QED) is 0.583. The van der Waals surface area contributed by atoms with E-state index in [1.54, 1.807) is 6.07 Å². The van der Waals surface area contributed by atoms with Gasteiger partial charge < -0.3 is 9.72 Å². The molecule has 1 aliphatic heterocycles. The van der Waals surface area contributed by atoms with E-state index < -0.39 is 23.1 Å². The lowest BCUT2D eigenvalue weighted by atomic mass is 9.94. The van der Waals surface area contributed by atoms with Crippen molar-refractivity contribution in [1.29, 1.82) is 0 Å². The standard InChI is InChI=1S/C22H21F2N3O4S/c1-32(29,30)27-11-17-21(18(28)12-27)16(9-14-5-3-2-4-6-14)22(26-17)15-7-8-25-10-19(15)31-13-20(23)24/h2-8,10,20,26H,9,11-13H2,1H3. The van der Waals surface area contributed by atoms with Gasteiger partial charge in [-0.2, -0.15) is 4.31 Å². The Hall–Kier alpha value is -3.11. The third kappa shape index (κ3) is 4.56. The van der Waals surface area contributed by atoms with E-state index in [0.29, 0.717) is 34.5 Å². The molecular weight excluding hydrogens is 440 g/mol. The molecule has 0 spiro atoms. The van der Waals surface area contributed by atoms with E-state index in [-0.39, 0.29) is 24.6 Å². The fourth-order valence-corrected chi connectivity index (χ4v) is 4.53. The summed E-state index contributed by atoms with van der Waals surface area (Å²) in [6, 6.07) is 11.1. The number of hydrogen-bond donors (Lipinski definition) is 1. The van der Waals surface area contributed by atoms with Crippen molar-refractivity contribution >= 4 is 15.8 Å². The number of carbonyl (C=O) groups is 1. The lowest BCUT2D eigenvalue weighted by molar-refractivity contribution is 0.0820. The van der Waals surface area contributed by atoms with Crippen molar-refractivity contribution in [3.63, 3.8) is 0 Å². The summed E-state index contributed by atoms with van der Waals surface area (Å²) in [4.78, 5) is 20.2. The molecule has 168 valence electrons. The molecule has 0 saturated heterocycles. The minimum Gasteiger partial charge on any atom is -0.485 e. The van der Waals surface area contributed by atoms with Gasteiger partial charge in [0.05, 0.1) is 31.2 Å². The number of fused-ring (bicyclic) bond motifs is 1. The third-order valence-electron chi connectivity index (χ3n) is 5.23. The number of ether oxygens (including phenoxy) is 1. The smallest absolute Gasteiger partial charge is 0.272 e. The molecule has 3 aromatic rings. The Morgan fingerprint density at radius 1 is 1.19 bits per heavy atom. The monoisotopic (exact) mass is 461 g/mol. The summed E-state index contributed by atoms with van der Waals surface area (Å²) < 4.78 is 56.0. The lowest BCUT2D eigenvalue weighted by Crippen LogP contribution is -2.38. The van der Waals surface area contributed by atoms with Crippen molar-refractivity contribution in [2.75, 3.05) is 19.4 Å². The highest BCUT2D eigenvalue weighted by molar-refractivity contribution is 7.88. The number of sulfonamides is 1. The highest BCUT2D eigenvalue weighted by Gasteiger charge is 2.34. The number of carbonyl (C=O) groups excluding carboxylic acids is 1. The molecule has 1 N–H and O–H groups in total. The van der Waals surface area contributed by atoms with Crippen LogP contribution in [0.5, 0.6) is 5.75 Å². The Kier molecular flexibility index (Phi) is 6.07. The molecule has 10 heteroatoms. The average Bonchev–Trinajstić information content (AvgIpc) is 3.11. The van der Waals surface area contributed by atoms with E-state index in [2.05, 4.69) is 9.97 Å². The number of pyridine rings is 1. The molecule has 0 aliphatic carbocycles. The van der Waals surface area contributed by atoms with Crippen molar-refractivity contribution in [3.05, 3.63) is 71.2 Å². The number of Topliss-reactive ketones (excluding diaryl/α,β-unsaturated/α-hetero) is 1. The van der Waals surface area contributed by atoms with E-state index in [1.807, 2.05) is 30.3 Å². The predicted octanol–water partition coefficient (Wildman–Crippen LogP) is 3.27. The number of nitrogens with zero attached hydrogens (tertiary/aromatic N) is 2. The minimum absolute atomic E-state index is 0.0139. The van der Waals surface area contributed by atoms with Crippen LogP contribution in [0.3, 0.4) is 0 Å². The summed E-state index contributed by atoms with van der Waals surface area (Å²) in [6.07, 6.45) is 1.63. The Labute approximate surface area is 184 Å². The maximum Gasteiger partial charge on any atom is 0.272 e. The number of ketones is 1. The normalized spacial score (nSPS) is 14.6. The van der Waals surface area contributed by atoms with Crippen LogP contribution in [-0.4, -0.2) is 54.3 Å². The van der Waals surface area contributed by atoms with Crippen molar-refractivity contribution in [1.82, 2.24) is 14.3 Å². The van der Waals surface area contributed by atoms with Gasteiger partial charge in [-0.05, 0) is 17.2 Å². The Bertz CT molecular complexity index is 1240. The summed E-state index contributed by atoms with van der Waals surface area (Å²) in [5.74, 6) is -0.178. The summed E-state index contributed by atoms with van der Waals surface area (Å²) >= 11 is 0. The predicted molar refractivity (Wildman–Crippen MR) is 114 cm³/mol.